The molecule has 0 fully saturated rings. The van der Waals surface area contributed by atoms with Crippen molar-refractivity contribution in [1.29, 1.82) is 0 Å². The second-order valence-corrected chi connectivity index (χ2v) is 18.3. The average molecular weight is 891 g/mol. The third-order valence-corrected chi connectivity index (χ3v) is 14.5. The summed E-state index contributed by atoms with van der Waals surface area (Å²) in [4.78, 5) is 0. The van der Waals surface area contributed by atoms with Gasteiger partial charge in [0, 0.05) is 0 Å². The van der Waals surface area contributed by atoms with Crippen LogP contribution in [0.15, 0.2) is 218 Å². The maximum Gasteiger partial charge on any atom is 0.120 e. The van der Waals surface area contributed by atoms with E-state index in [-0.39, 0.29) is 26.4 Å². The van der Waals surface area contributed by atoms with Crippen LogP contribution in [0, 0.1) is 0 Å². The van der Waals surface area contributed by atoms with Gasteiger partial charge in [-0.2, -0.15) is 0 Å². The van der Waals surface area contributed by atoms with Gasteiger partial charge >= 0.3 is 0 Å². The van der Waals surface area contributed by atoms with Crippen molar-refractivity contribution in [2.75, 3.05) is 26.4 Å². The van der Waals surface area contributed by atoms with Gasteiger partial charge in [0.1, 0.15) is 24.7 Å². The molecule has 12 aromatic rings. The normalized spacial score (nSPS) is 12.8. The van der Waals surface area contributed by atoms with Crippen molar-refractivity contribution in [3.05, 3.63) is 241 Å². The van der Waals surface area contributed by atoms with Gasteiger partial charge in [0.15, 0.2) is 0 Å². The Balaban J connectivity index is 1.15. The third-order valence-electron chi connectivity index (χ3n) is 14.5. The standard InChI is InChI=1S/C65H46O4/c66-29-31-68-53-25-19-41-35-51(23-17-43(41)37-53)65(52-24-18-44-38-54(69-32-30-67)26-20-42(44)36-52)61-39-49(63-55-13-5-1-9-45(55)33-46-10-2-6-14-56(46)63)21-27-59(61)60-28-22-50(40-62(60)65)64-57-15-7-3-11-47(57)34-48-12-4-8-16-58(48)64/h1-28,33-40,66-67H,29-32H2. The molecule has 0 amide bonds. The molecule has 0 atom stereocenters. The lowest BCUT2D eigenvalue weighted by Gasteiger charge is -2.35. The van der Waals surface area contributed by atoms with E-state index in [1.807, 2.05) is 12.1 Å². The molecule has 4 heteroatoms. The maximum absolute atomic E-state index is 9.56. The van der Waals surface area contributed by atoms with Gasteiger partial charge in [-0.25, -0.2) is 0 Å². The van der Waals surface area contributed by atoms with Crippen LogP contribution in [-0.4, -0.2) is 36.6 Å². The molecule has 330 valence electrons. The van der Waals surface area contributed by atoms with Crippen LogP contribution >= 0.6 is 0 Å². The van der Waals surface area contributed by atoms with Crippen LogP contribution in [0.4, 0.5) is 0 Å². The van der Waals surface area contributed by atoms with Crippen molar-refractivity contribution in [3.63, 3.8) is 0 Å². The summed E-state index contributed by atoms with van der Waals surface area (Å²) in [6, 6.07) is 80.3. The van der Waals surface area contributed by atoms with Crippen molar-refractivity contribution in [1.82, 2.24) is 0 Å². The minimum Gasteiger partial charge on any atom is -0.491 e. The highest BCUT2D eigenvalue weighted by atomic mass is 16.5. The van der Waals surface area contributed by atoms with Crippen LogP contribution < -0.4 is 9.47 Å². The van der Waals surface area contributed by atoms with E-state index in [0.29, 0.717) is 0 Å². The minimum absolute atomic E-state index is 0.0474. The molecule has 0 spiro atoms. The lowest BCUT2D eigenvalue weighted by molar-refractivity contribution is 0.201. The molecule has 0 bridgehead atoms. The summed E-state index contributed by atoms with van der Waals surface area (Å²) >= 11 is 0. The number of hydrogen-bond acceptors (Lipinski definition) is 4. The fourth-order valence-electron chi connectivity index (χ4n) is 11.5. The van der Waals surface area contributed by atoms with E-state index in [9.17, 15) is 10.2 Å². The topological polar surface area (TPSA) is 58.9 Å². The van der Waals surface area contributed by atoms with Crippen LogP contribution in [0.1, 0.15) is 22.3 Å². The molecule has 0 unspecified atom stereocenters. The van der Waals surface area contributed by atoms with Gasteiger partial charge in [0.2, 0.25) is 0 Å². The molecule has 0 aromatic heterocycles. The van der Waals surface area contributed by atoms with Gasteiger partial charge in [-0.05, 0) is 181 Å². The number of aliphatic hydroxyl groups is 2. The summed E-state index contributed by atoms with van der Waals surface area (Å²) < 4.78 is 11.8. The molecule has 1 aliphatic carbocycles. The quantitative estimate of drug-likeness (QED) is 0.134. The molecule has 13 rings (SSSR count). The highest BCUT2D eigenvalue weighted by Crippen LogP contribution is 2.59. The molecule has 0 aliphatic heterocycles. The molecule has 0 radical (unpaired) electrons. The molecule has 0 saturated heterocycles. The minimum atomic E-state index is -0.794. The summed E-state index contributed by atoms with van der Waals surface area (Å²) in [7, 11) is 0. The van der Waals surface area contributed by atoms with Crippen LogP contribution in [0.2, 0.25) is 0 Å². The number of hydrogen-bond donors (Lipinski definition) is 2. The summed E-state index contributed by atoms with van der Waals surface area (Å²) in [5.41, 5.74) is 11.1. The second kappa shape index (κ2) is 16.5. The van der Waals surface area contributed by atoms with Crippen molar-refractivity contribution in [2.45, 2.75) is 5.41 Å². The number of fused-ring (bicyclic) bond motifs is 9. The van der Waals surface area contributed by atoms with E-state index in [0.717, 1.165) is 55.3 Å². The fourth-order valence-corrected chi connectivity index (χ4v) is 11.5. The van der Waals surface area contributed by atoms with Crippen LogP contribution in [0.5, 0.6) is 11.5 Å². The lowest BCUT2D eigenvalue weighted by atomic mass is 9.66. The SMILES string of the molecule is OCCOc1ccc2cc(C3(c4ccc5cc(OCCO)ccc5c4)c4cc(-c5c6ccccc6cc6ccccc56)ccc4-c4ccc(-c5c6ccccc6cc6ccccc56)cc43)ccc2c1. The Morgan fingerprint density at radius 2 is 0.681 bits per heavy atom. The van der Waals surface area contributed by atoms with E-state index in [1.165, 1.54) is 76.5 Å². The monoisotopic (exact) mass is 890 g/mol. The maximum atomic E-state index is 9.56. The Hall–Kier alpha value is -8.28. The number of benzene rings is 12. The van der Waals surface area contributed by atoms with Crippen LogP contribution in [-0.2, 0) is 5.41 Å². The lowest BCUT2D eigenvalue weighted by Crippen LogP contribution is -2.28. The van der Waals surface area contributed by atoms with E-state index in [4.69, 9.17) is 9.47 Å². The van der Waals surface area contributed by atoms with Crippen LogP contribution in [0.25, 0.3) is 98.0 Å². The average Bonchev–Trinajstić information content (AvgIpc) is 3.69. The van der Waals surface area contributed by atoms with Crippen molar-refractivity contribution in [3.8, 4) is 44.9 Å². The van der Waals surface area contributed by atoms with E-state index in [1.54, 1.807) is 0 Å². The van der Waals surface area contributed by atoms with E-state index in [2.05, 4.69) is 206 Å². The smallest absolute Gasteiger partial charge is 0.120 e. The zero-order valence-electron chi connectivity index (χ0n) is 37.8. The van der Waals surface area contributed by atoms with Gasteiger partial charge in [-0.3, -0.25) is 0 Å². The zero-order chi connectivity index (χ0) is 46.1. The highest BCUT2D eigenvalue weighted by Gasteiger charge is 2.47. The van der Waals surface area contributed by atoms with Gasteiger partial charge < -0.3 is 19.7 Å². The van der Waals surface area contributed by atoms with E-state index >= 15 is 0 Å². The molecular weight excluding hydrogens is 845 g/mol. The molecule has 0 heterocycles. The number of aliphatic hydroxyl groups excluding tert-OH is 2. The largest absolute Gasteiger partial charge is 0.491 e. The fraction of sp³-hybridized carbons (Fsp3) is 0.0769. The highest BCUT2D eigenvalue weighted by molar-refractivity contribution is 6.14. The Morgan fingerprint density at radius 1 is 0.319 bits per heavy atom. The summed E-state index contributed by atoms with van der Waals surface area (Å²) in [6.45, 7) is 0.377. The van der Waals surface area contributed by atoms with Crippen molar-refractivity contribution >= 4 is 64.6 Å². The second-order valence-electron chi connectivity index (χ2n) is 18.3. The number of ether oxygens (including phenoxy) is 2. The van der Waals surface area contributed by atoms with Crippen molar-refractivity contribution in [2.24, 2.45) is 0 Å². The summed E-state index contributed by atoms with van der Waals surface area (Å²) in [5, 5.41) is 33.1. The molecular formula is C65H46O4. The molecule has 0 saturated carbocycles. The summed E-state index contributed by atoms with van der Waals surface area (Å²) in [6.07, 6.45) is 0. The first-order chi connectivity index (χ1) is 34.1. The molecule has 12 aromatic carbocycles. The Bertz CT molecular complexity index is 3650. The van der Waals surface area contributed by atoms with Gasteiger partial charge in [-0.1, -0.05) is 158 Å². The third kappa shape index (κ3) is 6.59. The van der Waals surface area contributed by atoms with E-state index < -0.39 is 5.41 Å². The predicted molar refractivity (Wildman–Crippen MR) is 285 cm³/mol. The number of rotatable bonds is 10. The molecule has 4 nitrogen and oxygen atoms in total. The Kier molecular flexibility index (Phi) is 9.79. The van der Waals surface area contributed by atoms with Gasteiger partial charge in [-0.15, -0.1) is 0 Å². The van der Waals surface area contributed by atoms with Gasteiger partial charge in [0.25, 0.3) is 0 Å². The first kappa shape index (κ1) is 41.0. The predicted octanol–water partition coefficient (Wildman–Crippen LogP) is 15.0. The Morgan fingerprint density at radius 3 is 1.07 bits per heavy atom. The summed E-state index contributed by atoms with van der Waals surface area (Å²) in [5.74, 6) is 1.46. The first-order valence-electron chi connectivity index (χ1n) is 23.8. The Labute approximate surface area is 399 Å². The van der Waals surface area contributed by atoms with Crippen LogP contribution in [0.3, 0.4) is 0 Å². The molecule has 2 N–H and O–H groups in total. The van der Waals surface area contributed by atoms with Crippen molar-refractivity contribution < 1.29 is 19.7 Å². The first-order valence-corrected chi connectivity index (χ1v) is 23.8. The zero-order valence-corrected chi connectivity index (χ0v) is 37.8. The van der Waals surface area contributed by atoms with Gasteiger partial charge in [0.05, 0.1) is 18.6 Å². The molecule has 69 heavy (non-hydrogen) atoms. The molecule has 1 aliphatic rings.